The molecule has 1 unspecified atom stereocenters. The summed E-state index contributed by atoms with van der Waals surface area (Å²) in [5.41, 5.74) is 8.62. The molecule has 1 aliphatic rings. The minimum absolute atomic E-state index is 0.207. The molecule has 0 bridgehead atoms. The largest absolute Gasteiger partial charge is 0.399 e. The predicted molar refractivity (Wildman–Crippen MR) is 78.2 cm³/mol. The smallest absolute Gasteiger partial charge is 0.0743 e. The average molecular weight is 257 g/mol. The SMILES string of the molecule is Nc1ccc2c(N3CCCCC3CO)ccnc2c1. The molecule has 0 amide bonds. The normalized spacial score (nSPS) is 19.8. The van der Waals surface area contributed by atoms with Crippen molar-refractivity contribution in [2.45, 2.75) is 25.3 Å². The van der Waals surface area contributed by atoms with Gasteiger partial charge in [-0.15, -0.1) is 0 Å². The van der Waals surface area contributed by atoms with Crippen molar-refractivity contribution in [3.8, 4) is 0 Å². The number of aliphatic hydroxyl groups is 1. The number of aromatic nitrogens is 1. The van der Waals surface area contributed by atoms with Crippen molar-refractivity contribution in [2.75, 3.05) is 23.8 Å². The van der Waals surface area contributed by atoms with Crippen LogP contribution in [0.5, 0.6) is 0 Å². The zero-order chi connectivity index (χ0) is 13.2. The molecule has 0 spiro atoms. The van der Waals surface area contributed by atoms with Gasteiger partial charge in [0.1, 0.15) is 0 Å². The lowest BCUT2D eigenvalue weighted by Crippen LogP contribution is -2.42. The number of nitrogen functional groups attached to an aromatic ring is 1. The molecule has 100 valence electrons. The molecule has 1 fully saturated rings. The maximum atomic E-state index is 9.56. The minimum atomic E-state index is 0.207. The molecule has 0 radical (unpaired) electrons. The molecule has 4 heteroatoms. The molecule has 2 aromatic rings. The first-order valence-corrected chi connectivity index (χ1v) is 6.81. The van der Waals surface area contributed by atoms with Crippen molar-refractivity contribution < 1.29 is 5.11 Å². The zero-order valence-corrected chi connectivity index (χ0v) is 10.9. The van der Waals surface area contributed by atoms with E-state index in [-0.39, 0.29) is 12.6 Å². The maximum absolute atomic E-state index is 9.56. The van der Waals surface area contributed by atoms with Crippen LogP contribution in [-0.2, 0) is 0 Å². The Balaban J connectivity index is 2.08. The molecule has 1 aromatic heterocycles. The van der Waals surface area contributed by atoms with Crippen molar-refractivity contribution in [1.29, 1.82) is 0 Å². The third-order valence-corrected chi connectivity index (χ3v) is 3.89. The van der Waals surface area contributed by atoms with Gasteiger partial charge in [-0.1, -0.05) is 0 Å². The van der Waals surface area contributed by atoms with E-state index in [0.29, 0.717) is 0 Å². The third kappa shape index (κ3) is 2.24. The number of rotatable bonds is 2. The van der Waals surface area contributed by atoms with E-state index >= 15 is 0 Å². The highest BCUT2D eigenvalue weighted by atomic mass is 16.3. The highest BCUT2D eigenvalue weighted by molar-refractivity contribution is 5.93. The molecule has 19 heavy (non-hydrogen) atoms. The number of hydrogen-bond donors (Lipinski definition) is 2. The molecule has 0 saturated carbocycles. The number of benzene rings is 1. The van der Waals surface area contributed by atoms with Crippen LogP contribution in [0, 0.1) is 0 Å². The number of nitrogens with two attached hydrogens (primary N) is 1. The molecule has 1 aromatic carbocycles. The van der Waals surface area contributed by atoms with E-state index in [9.17, 15) is 5.11 Å². The van der Waals surface area contributed by atoms with Crippen LogP contribution in [-0.4, -0.2) is 29.3 Å². The lowest BCUT2D eigenvalue weighted by molar-refractivity contribution is 0.240. The van der Waals surface area contributed by atoms with Gasteiger partial charge < -0.3 is 15.7 Å². The fourth-order valence-corrected chi connectivity index (χ4v) is 2.91. The van der Waals surface area contributed by atoms with Crippen LogP contribution >= 0.6 is 0 Å². The summed E-state index contributed by atoms with van der Waals surface area (Å²) in [6.45, 7) is 1.20. The first-order valence-electron chi connectivity index (χ1n) is 6.81. The monoisotopic (exact) mass is 257 g/mol. The third-order valence-electron chi connectivity index (χ3n) is 3.89. The second kappa shape index (κ2) is 5.05. The van der Waals surface area contributed by atoms with Crippen molar-refractivity contribution >= 4 is 22.3 Å². The van der Waals surface area contributed by atoms with Gasteiger partial charge >= 0.3 is 0 Å². The number of pyridine rings is 1. The van der Waals surface area contributed by atoms with Crippen molar-refractivity contribution in [3.63, 3.8) is 0 Å². The first-order chi connectivity index (χ1) is 9.29. The topological polar surface area (TPSA) is 62.4 Å². The first kappa shape index (κ1) is 12.2. The van der Waals surface area contributed by atoms with Crippen molar-refractivity contribution in [2.24, 2.45) is 0 Å². The van der Waals surface area contributed by atoms with Gasteiger partial charge in [0.15, 0.2) is 0 Å². The summed E-state index contributed by atoms with van der Waals surface area (Å²) in [4.78, 5) is 6.69. The lowest BCUT2D eigenvalue weighted by Gasteiger charge is -2.37. The standard InChI is InChI=1S/C15H19N3O/c16-11-4-5-13-14(9-11)17-7-6-15(13)18-8-2-1-3-12(18)10-19/h4-7,9,12,19H,1-3,8,10,16H2. The van der Waals surface area contributed by atoms with Crippen LogP contribution in [0.15, 0.2) is 30.5 Å². The molecule has 3 N–H and O–H groups in total. The van der Waals surface area contributed by atoms with E-state index in [4.69, 9.17) is 5.73 Å². The Bertz CT molecular complexity index is 585. The molecule has 0 aliphatic carbocycles. The summed E-state index contributed by atoms with van der Waals surface area (Å²) < 4.78 is 0. The lowest BCUT2D eigenvalue weighted by atomic mass is 10.0. The van der Waals surface area contributed by atoms with E-state index in [1.165, 1.54) is 12.8 Å². The predicted octanol–water partition coefficient (Wildman–Crippen LogP) is 2.17. The number of nitrogens with zero attached hydrogens (tertiary/aromatic N) is 2. The number of hydrogen-bond acceptors (Lipinski definition) is 4. The number of piperidine rings is 1. The second-order valence-electron chi connectivity index (χ2n) is 5.13. The molecule has 1 aliphatic heterocycles. The highest BCUT2D eigenvalue weighted by Crippen LogP contribution is 2.31. The van der Waals surface area contributed by atoms with Gasteiger partial charge in [0.05, 0.1) is 18.2 Å². The van der Waals surface area contributed by atoms with Gasteiger partial charge in [-0.2, -0.15) is 0 Å². The van der Waals surface area contributed by atoms with E-state index < -0.39 is 0 Å². The molecule has 1 atom stereocenters. The van der Waals surface area contributed by atoms with Crippen LogP contribution in [0.2, 0.25) is 0 Å². The highest BCUT2D eigenvalue weighted by Gasteiger charge is 2.23. The van der Waals surface area contributed by atoms with Crippen LogP contribution in [0.3, 0.4) is 0 Å². The van der Waals surface area contributed by atoms with Crippen LogP contribution in [0.25, 0.3) is 10.9 Å². The fourth-order valence-electron chi connectivity index (χ4n) is 2.91. The van der Waals surface area contributed by atoms with Gasteiger partial charge in [-0.25, -0.2) is 0 Å². The summed E-state index contributed by atoms with van der Waals surface area (Å²) in [6.07, 6.45) is 5.24. The van der Waals surface area contributed by atoms with E-state index in [2.05, 4.69) is 9.88 Å². The Morgan fingerprint density at radius 1 is 1.32 bits per heavy atom. The van der Waals surface area contributed by atoms with Gasteiger partial charge in [0.25, 0.3) is 0 Å². The second-order valence-corrected chi connectivity index (χ2v) is 5.13. The average Bonchev–Trinajstić information content (AvgIpc) is 2.46. The van der Waals surface area contributed by atoms with Gasteiger partial charge in [-0.3, -0.25) is 4.98 Å². The fraction of sp³-hybridized carbons (Fsp3) is 0.400. The summed E-state index contributed by atoms with van der Waals surface area (Å²) in [7, 11) is 0. The zero-order valence-electron chi connectivity index (χ0n) is 10.9. The molecular formula is C15H19N3O. The van der Waals surface area contributed by atoms with E-state index in [1.54, 1.807) is 0 Å². The molecule has 3 rings (SSSR count). The maximum Gasteiger partial charge on any atom is 0.0743 e. The Morgan fingerprint density at radius 2 is 2.21 bits per heavy atom. The van der Waals surface area contributed by atoms with Crippen LogP contribution < -0.4 is 10.6 Å². The molecular weight excluding hydrogens is 238 g/mol. The van der Waals surface area contributed by atoms with Crippen molar-refractivity contribution in [3.05, 3.63) is 30.5 Å². The summed E-state index contributed by atoms with van der Waals surface area (Å²) in [6, 6.07) is 8.09. The van der Waals surface area contributed by atoms with Gasteiger partial charge in [0, 0.05) is 29.5 Å². The summed E-state index contributed by atoms with van der Waals surface area (Å²) >= 11 is 0. The Morgan fingerprint density at radius 3 is 3.05 bits per heavy atom. The number of aliphatic hydroxyl groups excluding tert-OH is 1. The molecule has 4 nitrogen and oxygen atoms in total. The van der Waals surface area contributed by atoms with Crippen LogP contribution in [0.1, 0.15) is 19.3 Å². The number of anilines is 2. The Labute approximate surface area is 112 Å². The van der Waals surface area contributed by atoms with E-state index in [1.807, 2.05) is 30.5 Å². The summed E-state index contributed by atoms with van der Waals surface area (Å²) in [5.74, 6) is 0. The summed E-state index contributed by atoms with van der Waals surface area (Å²) in [5, 5.41) is 10.7. The van der Waals surface area contributed by atoms with Gasteiger partial charge in [-0.05, 0) is 43.5 Å². The van der Waals surface area contributed by atoms with E-state index in [0.717, 1.165) is 35.2 Å². The minimum Gasteiger partial charge on any atom is -0.399 e. The Hall–Kier alpha value is -1.81. The van der Waals surface area contributed by atoms with Crippen LogP contribution in [0.4, 0.5) is 11.4 Å². The number of fused-ring (bicyclic) bond motifs is 1. The molecule has 2 heterocycles. The molecule has 1 saturated heterocycles. The quantitative estimate of drug-likeness (QED) is 0.809. The van der Waals surface area contributed by atoms with Crippen molar-refractivity contribution in [1.82, 2.24) is 4.98 Å². The Kier molecular flexibility index (Phi) is 3.25. The van der Waals surface area contributed by atoms with Gasteiger partial charge in [0.2, 0.25) is 0 Å².